The summed E-state index contributed by atoms with van der Waals surface area (Å²) in [4.78, 5) is 13.0. The van der Waals surface area contributed by atoms with Gasteiger partial charge in [-0.25, -0.2) is 0 Å². The van der Waals surface area contributed by atoms with Crippen molar-refractivity contribution in [2.75, 3.05) is 39.4 Å². The number of primary amides is 1. The Bertz CT molecular complexity index is 293. The van der Waals surface area contributed by atoms with Crippen molar-refractivity contribution in [1.29, 1.82) is 0 Å². The molecule has 1 aliphatic heterocycles. The van der Waals surface area contributed by atoms with Gasteiger partial charge in [-0.15, -0.1) is 0 Å². The van der Waals surface area contributed by atoms with Crippen molar-refractivity contribution in [1.82, 2.24) is 10.2 Å². The number of nitrogens with two attached hydrogens (primary N) is 1. The number of hydrogen-bond donors (Lipinski definition) is 2. The Hall–Kier alpha value is -0.910. The minimum absolute atomic E-state index is 0.0167. The van der Waals surface area contributed by atoms with E-state index < -0.39 is 5.91 Å². The average Bonchev–Trinajstić information content (AvgIpc) is 2.37. The lowest BCUT2D eigenvalue weighted by atomic mass is 10.1. The van der Waals surface area contributed by atoms with Gasteiger partial charge >= 0.3 is 0 Å². The van der Waals surface area contributed by atoms with E-state index >= 15 is 0 Å². The van der Waals surface area contributed by atoms with Crippen molar-refractivity contribution in [2.24, 2.45) is 5.73 Å². The molecule has 0 spiro atoms. The van der Waals surface area contributed by atoms with Crippen LogP contribution in [0.15, 0.2) is 11.6 Å². The second-order valence-electron chi connectivity index (χ2n) is 5.33. The second-order valence-corrected chi connectivity index (χ2v) is 5.33. The van der Waals surface area contributed by atoms with Gasteiger partial charge in [0.1, 0.15) is 6.61 Å². The van der Waals surface area contributed by atoms with E-state index in [1.807, 2.05) is 0 Å². The van der Waals surface area contributed by atoms with Crippen LogP contribution in [0.25, 0.3) is 0 Å². The van der Waals surface area contributed by atoms with Crippen LogP contribution in [0.4, 0.5) is 0 Å². The molecule has 0 atom stereocenters. The van der Waals surface area contributed by atoms with E-state index in [-0.39, 0.29) is 6.61 Å². The summed E-state index contributed by atoms with van der Waals surface area (Å²) in [6, 6.07) is 0.570. The molecule has 0 aromatic heterocycles. The number of nitrogens with zero attached hydrogens (tertiary/aromatic N) is 1. The summed E-state index contributed by atoms with van der Waals surface area (Å²) in [5.74, 6) is -0.410. The maximum atomic E-state index is 10.5. The Morgan fingerprint density at radius 2 is 2.11 bits per heavy atom. The van der Waals surface area contributed by atoms with E-state index in [2.05, 4.69) is 30.1 Å². The first kappa shape index (κ1) is 16.1. The number of carbonyl (C=O) groups is 1. The molecule has 0 bridgehead atoms. The Morgan fingerprint density at radius 1 is 1.42 bits per heavy atom. The molecule has 1 rings (SSSR count). The van der Waals surface area contributed by atoms with Crippen LogP contribution >= 0.6 is 0 Å². The molecule has 0 aromatic carbocycles. The van der Waals surface area contributed by atoms with Crippen LogP contribution < -0.4 is 11.1 Å². The molecule has 0 radical (unpaired) electrons. The van der Waals surface area contributed by atoms with Crippen LogP contribution in [0.2, 0.25) is 0 Å². The van der Waals surface area contributed by atoms with E-state index in [1.165, 1.54) is 18.4 Å². The molecule has 5 nitrogen and oxygen atoms in total. The van der Waals surface area contributed by atoms with Gasteiger partial charge < -0.3 is 15.8 Å². The Labute approximate surface area is 116 Å². The molecule has 3 N–H and O–H groups in total. The van der Waals surface area contributed by atoms with Gasteiger partial charge in [-0.1, -0.05) is 11.6 Å². The molecule has 1 aliphatic rings. The average molecular weight is 269 g/mol. The quantitative estimate of drug-likeness (QED) is 0.498. The predicted octanol–water partition coefficient (Wildman–Crippen LogP) is 0.509. The molecule has 0 unspecified atom stereocenters. The van der Waals surface area contributed by atoms with Gasteiger partial charge in [0.05, 0.1) is 6.61 Å². The fraction of sp³-hybridized carbons (Fsp3) is 0.786. The fourth-order valence-corrected chi connectivity index (χ4v) is 2.14. The maximum absolute atomic E-state index is 10.5. The molecule has 19 heavy (non-hydrogen) atoms. The van der Waals surface area contributed by atoms with Crippen molar-refractivity contribution >= 4 is 5.91 Å². The van der Waals surface area contributed by atoms with Gasteiger partial charge in [-0.2, -0.15) is 0 Å². The zero-order valence-electron chi connectivity index (χ0n) is 12.2. The monoisotopic (exact) mass is 269 g/mol. The van der Waals surface area contributed by atoms with Crippen LogP contribution in [0.3, 0.4) is 0 Å². The van der Waals surface area contributed by atoms with E-state index in [0.29, 0.717) is 12.6 Å². The normalized spacial score (nSPS) is 17.4. The number of amides is 1. The number of allylic oxidation sites excluding steroid dienone is 1. The predicted molar refractivity (Wildman–Crippen MR) is 76.9 cm³/mol. The number of ether oxygens (including phenoxy) is 1. The van der Waals surface area contributed by atoms with Crippen LogP contribution in [-0.4, -0.2) is 56.2 Å². The fourth-order valence-electron chi connectivity index (χ4n) is 2.14. The van der Waals surface area contributed by atoms with Crippen molar-refractivity contribution in [3.8, 4) is 0 Å². The number of carbonyl (C=O) groups excluding carboxylic acids is 1. The Kier molecular flexibility index (Phi) is 7.70. The van der Waals surface area contributed by atoms with Gasteiger partial charge in [0.15, 0.2) is 0 Å². The lowest BCUT2D eigenvalue weighted by Gasteiger charge is -2.31. The zero-order chi connectivity index (χ0) is 14.1. The number of piperidine rings is 1. The smallest absolute Gasteiger partial charge is 0.243 e. The second kappa shape index (κ2) is 9.07. The Morgan fingerprint density at radius 3 is 2.68 bits per heavy atom. The lowest BCUT2D eigenvalue weighted by molar-refractivity contribution is -0.122. The minimum Gasteiger partial charge on any atom is -0.370 e. The molecule has 1 saturated heterocycles. The van der Waals surface area contributed by atoms with Crippen molar-refractivity contribution in [3.05, 3.63) is 11.6 Å². The first-order valence-corrected chi connectivity index (χ1v) is 7.03. The third-order valence-electron chi connectivity index (χ3n) is 3.27. The summed E-state index contributed by atoms with van der Waals surface area (Å²) in [5.41, 5.74) is 6.37. The van der Waals surface area contributed by atoms with Crippen molar-refractivity contribution in [2.45, 2.75) is 32.7 Å². The van der Waals surface area contributed by atoms with Gasteiger partial charge in [-0.3, -0.25) is 9.69 Å². The largest absolute Gasteiger partial charge is 0.370 e. The summed E-state index contributed by atoms with van der Waals surface area (Å²) in [6.45, 7) is 8.97. The van der Waals surface area contributed by atoms with E-state index in [1.54, 1.807) is 0 Å². The van der Waals surface area contributed by atoms with Gasteiger partial charge in [-0.05, 0) is 39.8 Å². The van der Waals surface area contributed by atoms with E-state index in [4.69, 9.17) is 10.5 Å². The molecular weight excluding hydrogens is 242 g/mol. The molecule has 110 valence electrons. The first-order valence-electron chi connectivity index (χ1n) is 7.03. The zero-order valence-corrected chi connectivity index (χ0v) is 12.2. The molecule has 5 heteroatoms. The summed E-state index contributed by atoms with van der Waals surface area (Å²) >= 11 is 0. The molecular formula is C14H27N3O2. The van der Waals surface area contributed by atoms with Gasteiger partial charge in [0, 0.05) is 19.1 Å². The van der Waals surface area contributed by atoms with E-state index in [9.17, 15) is 4.79 Å². The lowest BCUT2D eigenvalue weighted by Crippen LogP contribution is -2.43. The molecule has 0 aliphatic carbocycles. The summed E-state index contributed by atoms with van der Waals surface area (Å²) in [6.07, 6.45) is 4.63. The minimum atomic E-state index is -0.410. The molecule has 1 fully saturated rings. The van der Waals surface area contributed by atoms with Crippen LogP contribution in [0.5, 0.6) is 0 Å². The van der Waals surface area contributed by atoms with Crippen molar-refractivity contribution < 1.29 is 9.53 Å². The maximum Gasteiger partial charge on any atom is 0.243 e. The third-order valence-corrected chi connectivity index (χ3v) is 3.27. The number of hydrogen-bond acceptors (Lipinski definition) is 4. The SMILES string of the molecule is CC(C)=CCN1CCC(NCCOCC(N)=O)CC1. The van der Waals surface area contributed by atoms with Gasteiger partial charge in [0.2, 0.25) is 5.91 Å². The molecule has 0 aromatic rings. The van der Waals surface area contributed by atoms with Crippen LogP contribution in [0, 0.1) is 0 Å². The molecule has 1 heterocycles. The summed E-state index contributed by atoms with van der Waals surface area (Å²) in [5, 5.41) is 3.46. The van der Waals surface area contributed by atoms with Gasteiger partial charge in [0.25, 0.3) is 0 Å². The van der Waals surface area contributed by atoms with Crippen LogP contribution in [0.1, 0.15) is 26.7 Å². The highest BCUT2D eigenvalue weighted by Crippen LogP contribution is 2.10. The first-order chi connectivity index (χ1) is 9.08. The third kappa shape index (κ3) is 7.97. The molecule has 0 saturated carbocycles. The number of rotatable bonds is 8. The highest BCUT2D eigenvalue weighted by atomic mass is 16.5. The van der Waals surface area contributed by atoms with Crippen LogP contribution in [-0.2, 0) is 9.53 Å². The number of nitrogens with one attached hydrogen (secondary N) is 1. The van der Waals surface area contributed by atoms with Crippen molar-refractivity contribution in [3.63, 3.8) is 0 Å². The van der Waals surface area contributed by atoms with E-state index in [0.717, 1.165) is 26.2 Å². The highest BCUT2D eigenvalue weighted by Gasteiger charge is 2.17. The standard InChI is InChI=1S/C14H27N3O2/c1-12(2)3-7-17-8-4-13(5-9-17)16-6-10-19-11-14(15)18/h3,13,16H,4-11H2,1-2H3,(H2,15,18). The summed E-state index contributed by atoms with van der Waals surface area (Å²) < 4.78 is 5.12. The summed E-state index contributed by atoms with van der Waals surface area (Å²) in [7, 11) is 0. The topological polar surface area (TPSA) is 67.6 Å². The Balaban J connectivity index is 2.03. The number of likely N-dealkylation sites (tertiary alicyclic amines) is 1. The highest BCUT2D eigenvalue weighted by molar-refractivity contribution is 5.74. The molecule has 1 amide bonds.